The van der Waals surface area contributed by atoms with Gasteiger partial charge in [0.1, 0.15) is 5.82 Å². The molecule has 0 aliphatic heterocycles. The van der Waals surface area contributed by atoms with Crippen molar-refractivity contribution in [3.8, 4) is 11.3 Å². The van der Waals surface area contributed by atoms with Crippen molar-refractivity contribution in [2.75, 3.05) is 12.9 Å². The van der Waals surface area contributed by atoms with Crippen LogP contribution in [0.25, 0.3) is 11.3 Å². The van der Waals surface area contributed by atoms with E-state index in [1.807, 2.05) is 29.6 Å². The Bertz CT molecular complexity index is 897. The minimum atomic E-state index is -0.271. The van der Waals surface area contributed by atoms with E-state index in [1.165, 1.54) is 35.2 Å². The maximum atomic E-state index is 13.0. The normalized spacial score (nSPS) is 10.7. The number of methoxy groups -OCH3 is 1. The summed E-state index contributed by atoms with van der Waals surface area (Å²) in [5, 5.41) is 4.84. The molecule has 0 bridgehead atoms. The second-order valence-electron chi connectivity index (χ2n) is 5.77. The summed E-state index contributed by atoms with van der Waals surface area (Å²) in [5.74, 6) is -0.0268. The van der Waals surface area contributed by atoms with E-state index in [9.17, 15) is 9.18 Å². The topological polar surface area (TPSA) is 51.2 Å². The van der Waals surface area contributed by atoms with Crippen molar-refractivity contribution in [1.29, 1.82) is 0 Å². The summed E-state index contributed by atoms with van der Waals surface area (Å²) in [6.07, 6.45) is 0. The van der Waals surface area contributed by atoms with Crippen LogP contribution < -0.4 is 5.32 Å². The van der Waals surface area contributed by atoms with Crippen molar-refractivity contribution in [2.24, 2.45) is 0 Å². The van der Waals surface area contributed by atoms with Crippen molar-refractivity contribution < 1.29 is 13.9 Å². The molecule has 0 atom stereocenters. The lowest BCUT2D eigenvalue weighted by Gasteiger charge is -2.09. The van der Waals surface area contributed by atoms with Crippen molar-refractivity contribution in [3.63, 3.8) is 0 Å². The first-order valence-corrected chi connectivity index (χ1v) is 10.2. The first-order chi connectivity index (χ1) is 13.2. The molecule has 1 N–H and O–H groups in total. The summed E-state index contributed by atoms with van der Waals surface area (Å²) in [5.41, 5.74) is 3.76. The number of thioether (sulfide) groups is 1. The van der Waals surface area contributed by atoms with Gasteiger partial charge in [0.15, 0.2) is 4.34 Å². The van der Waals surface area contributed by atoms with E-state index >= 15 is 0 Å². The number of ether oxygens (including phenoxy) is 1. The van der Waals surface area contributed by atoms with Gasteiger partial charge in [-0.15, -0.1) is 11.3 Å². The number of aromatic nitrogens is 1. The number of carbonyl (C=O) groups is 1. The number of rotatable bonds is 8. The Morgan fingerprint density at radius 1 is 1.19 bits per heavy atom. The number of halogens is 1. The Morgan fingerprint density at radius 2 is 1.93 bits per heavy atom. The van der Waals surface area contributed by atoms with E-state index in [1.54, 1.807) is 19.2 Å². The van der Waals surface area contributed by atoms with Crippen molar-refractivity contribution in [2.45, 2.75) is 17.5 Å². The molecule has 0 saturated heterocycles. The van der Waals surface area contributed by atoms with Gasteiger partial charge in [0, 0.05) is 24.6 Å². The van der Waals surface area contributed by atoms with Gasteiger partial charge in [0.05, 0.1) is 18.1 Å². The Balaban J connectivity index is 1.50. The molecule has 1 amide bonds. The summed E-state index contributed by atoms with van der Waals surface area (Å²) in [6, 6.07) is 14.1. The van der Waals surface area contributed by atoms with Gasteiger partial charge < -0.3 is 10.1 Å². The zero-order chi connectivity index (χ0) is 19.1. The van der Waals surface area contributed by atoms with Crippen LogP contribution in [-0.2, 0) is 22.7 Å². The van der Waals surface area contributed by atoms with Crippen LogP contribution in [-0.4, -0.2) is 23.8 Å². The van der Waals surface area contributed by atoms with Crippen LogP contribution in [0, 0.1) is 5.82 Å². The monoisotopic (exact) mass is 402 g/mol. The van der Waals surface area contributed by atoms with E-state index in [-0.39, 0.29) is 11.7 Å². The molecule has 27 heavy (non-hydrogen) atoms. The lowest BCUT2D eigenvalue weighted by molar-refractivity contribution is -0.118. The van der Waals surface area contributed by atoms with Crippen molar-refractivity contribution >= 4 is 29.0 Å². The van der Waals surface area contributed by atoms with Crippen LogP contribution in [0.5, 0.6) is 0 Å². The van der Waals surface area contributed by atoms with Gasteiger partial charge in [-0.25, -0.2) is 9.37 Å². The molecular weight excluding hydrogens is 383 g/mol. The fourth-order valence-electron chi connectivity index (χ4n) is 2.48. The van der Waals surface area contributed by atoms with Crippen LogP contribution in [0.4, 0.5) is 4.39 Å². The highest BCUT2D eigenvalue weighted by Gasteiger charge is 2.09. The number of hydrogen-bond donors (Lipinski definition) is 1. The average molecular weight is 403 g/mol. The largest absolute Gasteiger partial charge is 0.380 e. The average Bonchev–Trinajstić information content (AvgIpc) is 3.15. The van der Waals surface area contributed by atoms with Gasteiger partial charge in [0.25, 0.3) is 0 Å². The maximum Gasteiger partial charge on any atom is 0.230 e. The lowest BCUT2D eigenvalue weighted by atomic mass is 10.1. The molecule has 0 spiro atoms. The predicted molar refractivity (Wildman–Crippen MR) is 107 cm³/mol. The van der Waals surface area contributed by atoms with Gasteiger partial charge in [-0.3, -0.25) is 4.79 Å². The van der Waals surface area contributed by atoms with E-state index in [0.29, 0.717) is 18.9 Å². The quantitative estimate of drug-likeness (QED) is 0.564. The number of nitrogens with one attached hydrogen (secondary N) is 1. The van der Waals surface area contributed by atoms with E-state index in [2.05, 4.69) is 10.3 Å². The summed E-state index contributed by atoms with van der Waals surface area (Å²) in [4.78, 5) is 16.6. The Morgan fingerprint density at radius 3 is 2.67 bits per heavy atom. The fourth-order valence-corrected chi connectivity index (χ4v) is 4.14. The number of hydrogen-bond acceptors (Lipinski definition) is 5. The lowest BCUT2D eigenvalue weighted by Crippen LogP contribution is -2.25. The number of carbonyl (C=O) groups excluding carboxylic acids is 1. The van der Waals surface area contributed by atoms with Gasteiger partial charge in [-0.2, -0.15) is 0 Å². The third kappa shape index (κ3) is 5.63. The molecule has 2 aromatic carbocycles. The highest BCUT2D eigenvalue weighted by Crippen LogP contribution is 2.28. The third-order valence-corrected chi connectivity index (χ3v) is 5.87. The second-order valence-corrected chi connectivity index (χ2v) is 7.85. The van der Waals surface area contributed by atoms with Crippen LogP contribution in [0.15, 0.2) is 58.3 Å². The molecule has 0 saturated carbocycles. The first kappa shape index (κ1) is 19.5. The SMILES string of the molecule is COCc1ccccc1CNC(=O)CSc1nc(-c2ccc(F)cc2)cs1. The number of thiazole rings is 1. The molecule has 3 aromatic rings. The molecular formula is C20H19FN2O2S2. The molecule has 0 aliphatic carbocycles. The highest BCUT2D eigenvalue weighted by atomic mass is 32.2. The van der Waals surface area contributed by atoms with Gasteiger partial charge in [0.2, 0.25) is 5.91 Å². The molecule has 140 valence electrons. The van der Waals surface area contributed by atoms with Gasteiger partial charge in [-0.05, 0) is 35.4 Å². The number of amides is 1. The van der Waals surface area contributed by atoms with Gasteiger partial charge >= 0.3 is 0 Å². The number of benzene rings is 2. The van der Waals surface area contributed by atoms with Gasteiger partial charge in [-0.1, -0.05) is 36.0 Å². The Hall–Kier alpha value is -2.22. The van der Waals surface area contributed by atoms with E-state index in [0.717, 1.165) is 26.7 Å². The zero-order valence-corrected chi connectivity index (χ0v) is 16.4. The highest BCUT2D eigenvalue weighted by molar-refractivity contribution is 8.01. The van der Waals surface area contributed by atoms with Crippen LogP contribution >= 0.6 is 23.1 Å². The van der Waals surface area contributed by atoms with Crippen LogP contribution in [0.3, 0.4) is 0 Å². The summed E-state index contributed by atoms with van der Waals surface area (Å²) in [7, 11) is 1.65. The van der Waals surface area contributed by atoms with E-state index in [4.69, 9.17) is 4.74 Å². The summed E-state index contributed by atoms with van der Waals surface area (Å²) in [6.45, 7) is 0.990. The van der Waals surface area contributed by atoms with Crippen LogP contribution in [0.2, 0.25) is 0 Å². The Kier molecular flexibility index (Phi) is 6.98. The summed E-state index contributed by atoms with van der Waals surface area (Å²) < 4.78 is 19.0. The molecule has 0 fully saturated rings. The fraction of sp³-hybridized carbons (Fsp3) is 0.200. The molecule has 0 unspecified atom stereocenters. The summed E-state index contributed by atoms with van der Waals surface area (Å²) >= 11 is 2.87. The molecule has 0 radical (unpaired) electrons. The third-order valence-electron chi connectivity index (χ3n) is 3.84. The first-order valence-electron chi connectivity index (χ1n) is 8.32. The number of nitrogens with zero attached hydrogens (tertiary/aromatic N) is 1. The smallest absolute Gasteiger partial charge is 0.230 e. The maximum absolute atomic E-state index is 13.0. The predicted octanol–water partition coefficient (Wildman–Crippen LogP) is 4.50. The molecule has 0 aliphatic rings. The minimum Gasteiger partial charge on any atom is -0.380 e. The second kappa shape index (κ2) is 9.64. The molecule has 1 aromatic heterocycles. The molecule has 7 heteroatoms. The molecule has 1 heterocycles. The molecule has 4 nitrogen and oxygen atoms in total. The molecule has 3 rings (SSSR count). The van der Waals surface area contributed by atoms with E-state index < -0.39 is 0 Å². The minimum absolute atomic E-state index is 0.0502. The standard InChI is InChI=1S/C20H19FN2O2S2/c1-25-11-16-5-3-2-4-15(16)10-22-19(24)13-27-20-23-18(12-26-20)14-6-8-17(21)9-7-14/h2-9,12H,10-11,13H2,1H3,(H,22,24). The van der Waals surface area contributed by atoms with Crippen molar-refractivity contribution in [1.82, 2.24) is 10.3 Å². The van der Waals surface area contributed by atoms with Crippen LogP contribution in [0.1, 0.15) is 11.1 Å². The zero-order valence-electron chi connectivity index (χ0n) is 14.8. The Labute approximate surface area is 165 Å². The van der Waals surface area contributed by atoms with Crippen molar-refractivity contribution in [3.05, 3.63) is 70.9 Å².